The molecule has 1 aliphatic rings. The largest absolute Gasteiger partial charge is 0.465 e. The van der Waals surface area contributed by atoms with E-state index >= 15 is 0 Å². The van der Waals surface area contributed by atoms with Crippen LogP contribution in [-0.4, -0.2) is 53.9 Å². The van der Waals surface area contributed by atoms with Crippen molar-refractivity contribution in [1.82, 2.24) is 29.6 Å². The number of halogens is 1. The molecule has 0 unspecified atom stereocenters. The normalized spacial score (nSPS) is 14.9. The van der Waals surface area contributed by atoms with Gasteiger partial charge in [-0.3, -0.25) is 4.79 Å². The van der Waals surface area contributed by atoms with Crippen LogP contribution in [0.5, 0.6) is 0 Å². The van der Waals surface area contributed by atoms with E-state index in [4.69, 9.17) is 21.2 Å². The van der Waals surface area contributed by atoms with Gasteiger partial charge >= 0.3 is 6.09 Å². The fraction of sp³-hybridized carbons (Fsp3) is 0.250. The molecule has 2 N–H and O–H groups in total. The summed E-state index contributed by atoms with van der Waals surface area (Å²) < 4.78 is 7.08. The van der Waals surface area contributed by atoms with E-state index in [-0.39, 0.29) is 17.4 Å². The summed E-state index contributed by atoms with van der Waals surface area (Å²) in [6.07, 6.45) is 1.85. The Morgan fingerprint density at radius 2 is 2.00 bits per heavy atom. The molecule has 1 saturated heterocycles. The number of nitrogens with one attached hydrogen (secondary N) is 1. The van der Waals surface area contributed by atoms with E-state index in [0.29, 0.717) is 53.6 Å². The number of hydrogen-bond acceptors (Lipinski definition) is 6. The quantitative estimate of drug-likeness (QED) is 0.500. The highest BCUT2D eigenvalue weighted by Gasteiger charge is 2.27. The van der Waals surface area contributed by atoms with Gasteiger partial charge in [-0.2, -0.15) is 10.1 Å². The van der Waals surface area contributed by atoms with E-state index in [9.17, 15) is 9.59 Å². The monoisotopic (exact) mass is 440 g/mol. The molecule has 0 spiro atoms. The van der Waals surface area contributed by atoms with Gasteiger partial charge in [0.15, 0.2) is 0 Å². The van der Waals surface area contributed by atoms with Gasteiger partial charge in [-0.25, -0.2) is 9.31 Å². The number of aromatic nitrogens is 5. The van der Waals surface area contributed by atoms with Gasteiger partial charge in [-0.15, -0.1) is 0 Å². The predicted octanol–water partition coefficient (Wildman–Crippen LogP) is 3.25. The van der Waals surface area contributed by atoms with Crippen LogP contribution in [0.4, 0.5) is 4.79 Å². The van der Waals surface area contributed by atoms with Gasteiger partial charge in [0.2, 0.25) is 5.82 Å². The van der Waals surface area contributed by atoms with E-state index in [1.807, 2.05) is 12.1 Å². The van der Waals surface area contributed by atoms with Crippen molar-refractivity contribution in [3.8, 4) is 22.8 Å². The molecule has 11 heteroatoms. The maximum Gasteiger partial charge on any atom is 0.407 e. The zero-order valence-corrected chi connectivity index (χ0v) is 16.9. The molecular formula is C20H17ClN6O4. The molecular weight excluding hydrogens is 424 g/mol. The zero-order chi connectivity index (χ0) is 21.5. The predicted molar refractivity (Wildman–Crippen MR) is 111 cm³/mol. The molecule has 3 aromatic heterocycles. The second kappa shape index (κ2) is 7.55. The van der Waals surface area contributed by atoms with Crippen LogP contribution in [-0.2, 0) is 0 Å². The summed E-state index contributed by atoms with van der Waals surface area (Å²) in [5.41, 5.74) is 2.01. The number of piperidine rings is 1. The van der Waals surface area contributed by atoms with Crippen molar-refractivity contribution in [2.75, 3.05) is 13.1 Å². The number of likely N-dealkylation sites (tertiary alicyclic amines) is 1. The lowest BCUT2D eigenvalue weighted by atomic mass is 9.93. The van der Waals surface area contributed by atoms with Crippen molar-refractivity contribution in [3.63, 3.8) is 0 Å². The Bertz CT molecular complexity index is 1330. The Hall–Kier alpha value is -3.66. The SMILES string of the molecule is O=C(O)N1CCC(c2cc(=O)[nH]c3c(-c4nc(-c5ccccc5Cl)no4)cnn23)CC1. The van der Waals surface area contributed by atoms with Crippen LogP contribution in [0.2, 0.25) is 5.02 Å². The molecule has 5 rings (SSSR count). The Morgan fingerprint density at radius 3 is 2.74 bits per heavy atom. The van der Waals surface area contributed by atoms with Gasteiger partial charge in [0.1, 0.15) is 11.2 Å². The van der Waals surface area contributed by atoms with E-state index in [1.54, 1.807) is 22.8 Å². The number of hydrogen-bond donors (Lipinski definition) is 2. The van der Waals surface area contributed by atoms with E-state index in [2.05, 4.69) is 20.2 Å². The highest BCUT2D eigenvalue weighted by Crippen LogP contribution is 2.31. The topological polar surface area (TPSA) is 130 Å². The average Bonchev–Trinajstić information content (AvgIpc) is 3.40. The van der Waals surface area contributed by atoms with Crippen LogP contribution < -0.4 is 5.56 Å². The lowest BCUT2D eigenvalue weighted by Gasteiger charge is -2.30. The first-order chi connectivity index (χ1) is 15.0. The van der Waals surface area contributed by atoms with Gasteiger partial charge < -0.3 is 19.5 Å². The first-order valence-corrected chi connectivity index (χ1v) is 10.1. The molecule has 0 aliphatic carbocycles. The first kappa shape index (κ1) is 19.3. The summed E-state index contributed by atoms with van der Waals surface area (Å²) in [5, 5.41) is 18.1. The second-order valence-corrected chi connectivity index (χ2v) is 7.73. The lowest BCUT2D eigenvalue weighted by molar-refractivity contribution is 0.131. The average molecular weight is 441 g/mol. The summed E-state index contributed by atoms with van der Waals surface area (Å²) in [5.74, 6) is 0.549. The van der Waals surface area contributed by atoms with Crippen LogP contribution in [0.3, 0.4) is 0 Å². The van der Waals surface area contributed by atoms with Crippen LogP contribution in [0.1, 0.15) is 24.5 Å². The summed E-state index contributed by atoms with van der Waals surface area (Å²) in [6.45, 7) is 0.820. The molecule has 4 heterocycles. The van der Waals surface area contributed by atoms with Crippen LogP contribution in [0.25, 0.3) is 28.5 Å². The van der Waals surface area contributed by atoms with Crippen molar-refractivity contribution < 1.29 is 14.4 Å². The van der Waals surface area contributed by atoms with Gasteiger partial charge in [0.25, 0.3) is 11.4 Å². The fourth-order valence-electron chi connectivity index (χ4n) is 3.91. The third kappa shape index (κ3) is 3.44. The molecule has 158 valence electrons. The Morgan fingerprint density at radius 1 is 1.23 bits per heavy atom. The number of H-pyrrole nitrogens is 1. The third-order valence-corrected chi connectivity index (χ3v) is 5.82. The van der Waals surface area contributed by atoms with E-state index in [0.717, 1.165) is 5.69 Å². The van der Waals surface area contributed by atoms with Crippen LogP contribution >= 0.6 is 11.6 Å². The Labute approximate surface area is 180 Å². The van der Waals surface area contributed by atoms with Gasteiger partial charge in [0, 0.05) is 30.6 Å². The smallest absolute Gasteiger partial charge is 0.407 e. The number of aromatic amines is 1. The lowest BCUT2D eigenvalue weighted by Crippen LogP contribution is -2.37. The maximum absolute atomic E-state index is 12.4. The van der Waals surface area contributed by atoms with Gasteiger partial charge in [-0.05, 0) is 25.0 Å². The number of nitrogens with zero attached hydrogens (tertiary/aromatic N) is 5. The molecule has 10 nitrogen and oxygen atoms in total. The Balaban J connectivity index is 1.52. The summed E-state index contributed by atoms with van der Waals surface area (Å²) >= 11 is 6.22. The molecule has 4 aromatic rings. The maximum atomic E-state index is 12.4. The van der Waals surface area contributed by atoms with E-state index < -0.39 is 6.09 Å². The number of benzene rings is 1. The second-order valence-electron chi connectivity index (χ2n) is 7.32. The molecule has 0 saturated carbocycles. The fourth-order valence-corrected chi connectivity index (χ4v) is 4.13. The molecule has 0 atom stereocenters. The highest BCUT2D eigenvalue weighted by molar-refractivity contribution is 6.33. The number of fused-ring (bicyclic) bond motifs is 1. The summed E-state index contributed by atoms with van der Waals surface area (Å²) in [6, 6.07) is 8.67. The molecule has 31 heavy (non-hydrogen) atoms. The van der Waals surface area contributed by atoms with Crippen molar-refractivity contribution in [2.45, 2.75) is 18.8 Å². The molecule has 1 fully saturated rings. The minimum Gasteiger partial charge on any atom is -0.465 e. The highest BCUT2D eigenvalue weighted by atomic mass is 35.5. The molecule has 1 aromatic carbocycles. The summed E-state index contributed by atoms with van der Waals surface area (Å²) in [4.78, 5) is 32.2. The molecule has 0 radical (unpaired) electrons. The Kier molecular flexibility index (Phi) is 4.70. The molecule has 0 bridgehead atoms. The summed E-state index contributed by atoms with van der Waals surface area (Å²) in [7, 11) is 0. The van der Waals surface area contributed by atoms with Crippen LogP contribution in [0.15, 0.2) is 45.8 Å². The number of amides is 1. The van der Waals surface area contributed by atoms with Crippen molar-refractivity contribution in [2.24, 2.45) is 0 Å². The minimum absolute atomic E-state index is 0.00882. The van der Waals surface area contributed by atoms with Gasteiger partial charge in [0.05, 0.1) is 16.9 Å². The van der Waals surface area contributed by atoms with Crippen molar-refractivity contribution in [1.29, 1.82) is 0 Å². The van der Waals surface area contributed by atoms with Gasteiger partial charge in [-0.1, -0.05) is 28.9 Å². The van der Waals surface area contributed by atoms with Crippen molar-refractivity contribution >= 4 is 23.3 Å². The zero-order valence-electron chi connectivity index (χ0n) is 16.2. The minimum atomic E-state index is -0.929. The molecule has 1 aliphatic heterocycles. The van der Waals surface area contributed by atoms with Crippen LogP contribution in [0, 0.1) is 0 Å². The molecule has 1 amide bonds. The number of carbonyl (C=O) groups is 1. The first-order valence-electron chi connectivity index (χ1n) is 9.69. The van der Waals surface area contributed by atoms with E-state index in [1.165, 1.54) is 11.0 Å². The number of rotatable bonds is 3. The number of carboxylic acid groups (broad SMARTS) is 1. The third-order valence-electron chi connectivity index (χ3n) is 5.49. The standard InChI is InChI=1S/C20H17ClN6O4/c21-14-4-2-1-3-12(14)17-24-19(31-25-17)13-10-22-27-15(9-16(28)23-18(13)27)11-5-7-26(8-6-11)20(29)30/h1-4,9-11H,5-8H2,(H,23,28)(H,29,30). The van der Waals surface area contributed by atoms with Crippen molar-refractivity contribution in [3.05, 3.63) is 57.6 Å².